The fraction of sp³-hybridized carbons (Fsp3) is 0.857. The fourth-order valence-corrected chi connectivity index (χ4v) is 1.37. The van der Waals surface area contributed by atoms with Crippen LogP contribution in [0.5, 0.6) is 0 Å². The summed E-state index contributed by atoms with van der Waals surface area (Å²) in [6, 6.07) is 0. The smallest absolute Gasteiger partial charge is 0.187 e. The van der Waals surface area contributed by atoms with Crippen molar-refractivity contribution >= 4 is 6.34 Å². The van der Waals surface area contributed by atoms with Crippen LogP contribution < -0.4 is 5.32 Å². The Kier molecular flexibility index (Phi) is 2.05. The highest BCUT2D eigenvalue weighted by molar-refractivity contribution is 5.55. The van der Waals surface area contributed by atoms with Gasteiger partial charge < -0.3 is 9.64 Å². The van der Waals surface area contributed by atoms with Crippen molar-refractivity contribution < 1.29 is 4.74 Å². The van der Waals surface area contributed by atoms with Gasteiger partial charge in [-0.1, -0.05) is 0 Å². The first-order valence-corrected chi connectivity index (χ1v) is 4.07. The molecule has 2 heterocycles. The minimum absolute atomic E-state index is 0.0825. The van der Waals surface area contributed by atoms with Gasteiger partial charge in [0, 0.05) is 19.6 Å². The molecule has 0 aliphatic carbocycles. The van der Waals surface area contributed by atoms with E-state index >= 15 is 0 Å². The van der Waals surface area contributed by atoms with Crippen LogP contribution in [-0.4, -0.2) is 43.8 Å². The lowest BCUT2D eigenvalue weighted by Crippen LogP contribution is -2.44. The molecule has 4 nitrogen and oxygen atoms in total. The molecule has 4 heteroatoms. The summed E-state index contributed by atoms with van der Waals surface area (Å²) in [5, 5.41) is 3.24. The number of ether oxygens (including phenoxy) is 1. The highest BCUT2D eigenvalue weighted by Gasteiger charge is 2.20. The molecule has 2 aliphatic heterocycles. The molecule has 0 aromatic carbocycles. The van der Waals surface area contributed by atoms with Crippen LogP contribution in [0.15, 0.2) is 4.99 Å². The number of rotatable bonds is 1. The first-order valence-electron chi connectivity index (χ1n) is 4.07. The van der Waals surface area contributed by atoms with Gasteiger partial charge in [-0.15, -0.1) is 0 Å². The predicted molar refractivity (Wildman–Crippen MR) is 42.4 cm³/mol. The number of hydrogen-bond donors (Lipinski definition) is 1. The quantitative estimate of drug-likeness (QED) is 0.561. The topological polar surface area (TPSA) is 36.9 Å². The highest BCUT2D eigenvalue weighted by atomic mass is 16.5. The maximum Gasteiger partial charge on any atom is 0.187 e. The van der Waals surface area contributed by atoms with E-state index in [1.807, 2.05) is 6.34 Å². The molecular formula is C7H13N3O. The Bertz CT molecular complexity index is 154. The molecular weight excluding hydrogens is 142 g/mol. The van der Waals surface area contributed by atoms with E-state index < -0.39 is 0 Å². The lowest BCUT2D eigenvalue weighted by Gasteiger charge is -2.27. The second-order valence-electron chi connectivity index (χ2n) is 2.79. The van der Waals surface area contributed by atoms with Crippen LogP contribution in [0.3, 0.4) is 0 Å². The van der Waals surface area contributed by atoms with Crippen molar-refractivity contribution in [2.75, 3.05) is 26.2 Å². The molecule has 1 atom stereocenters. The maximum atomic E-state index is 5.42. The van der Waals surface area contributed by atoms with E-state index in [0.29, 0.717) is 0 Å². The number of nitrogens with one attached hydrogen (secondary N) is 1. The highest BCUT2D eigenvalue weighted by Crippen LogP contribution is 2.05. The summed E-state index contributed by atoms with van der Waals surface area (Å²) in [5.41, 5.74) is 0. The van der Waals surface area contributed by atoms with E-state index in [4.69, 9.17) is 4.74 Å². The van der Waals surface area contributed by atoms with Gasteiger partial charge in [0.25, 0.3) is 0 Å². The van der Waals surface area contributed by atoms with Crippen LogP contribution in [0, 0.1) is 0 Å². The molecule has 0 aromatic rings. The van der Waals surface area contributed by atoms with Crippen molar-refractivity contribution in [3.05, 3.63) is 0 Å². The third-order valence-electron chi connectivity index (χ3n) is 1.93. The molecule has 0 spiro atoms. The Morgan fingerprint density at radius 2 is 2.64 bits per heavy atom. The van der Waals surface area contributed by atoms with Crippen molar-refractivity contribution in [1.82, 2.24) is 10.2 Å². The Morgan fingerprint density at radius 3 is 3.27 bits per heavy atom. The molecule has 0 bridgehead atoms. The Morgan fingerprint density at radius 1 is 1.64 bits per heavy atom. The van der Waals surface area contributed by atoms with Crippen molar-refractivity contribution in [2.24, 2.45) is 4.99 Å². The molecule has 0 saturated carbocycles. The van der Waals surface area contributed by atoms with Gasteiger partial charge in [-0.3, -0.25) is 10.3 Å². The van der Waals surface area contributed by atoms with E-state index in [0.717, 1.165) is 32.7 Å². The normalized spacial score (nSPS) is 31.3. The summed E-state index contributed by atoms with van der Waals surface area (Å²) >= 11 is 0. The SMILES string of the molecule is C1=NCCCN1C1NCCO1. The van der Waals surface area contributed by atoms with Crippen LogP contribution in [-0.2, 0) is 4.74 Å². The maximum absolute atomic E-state index is 5.42. The first-order chi connectivity index (χ1) is 5.47. The molecule has 0 aromatic heterocycles. The third kappa shape index (κ3) is 1.52. The summed E-state index contributed by atoms with van der Waals surface area (Å²) in [6.45, 7) is 3.79. The van der Waals surface area contributed by atoms with Crippen LogP contribution in [0.4, 0.5) is 0 Å². The monoisotopic (exact) mass is 155 g/mol. The van der Waals surface area contributed by atoms with Crippen LogP contribution >= 0.6 is 0 Å². The molecule has 1 saturated heterocycles. The summed E-state index contributed by atoms with van der Waals surface area (Å²) in [7, 11) is 0. The zero-order valence-corrected chi connectivity index (χ0v) is 6.49. The zero-order chi connectivity index (χ0) is 7.52. The second-order valence-corrected chi connectivity index (χ2v) is 2.79. The Labute approximate surface area is 66.2 Å². The number of hydrogen-bond acceptors (Lipinski definition) is 4. The van der Waals surface area contributed by atoms with E-state index in [1.165, 1.54) is 0 Å². The molecule has 11 heavy (non-hydrogen) atoms. The number of aliphatic imine (C=N–C) groups is 1. The molecule has 0 amide bonds. The van der Waals surface area contributed by atoms with Gasteiger partial charge in [-0.05, 0) is 6.42 Å². The van der Waals surface area contributed by atoms with Crippen molar-refractivity contribution in [1.29, 1.82) is 0 Å². The van der Waals surface area contributed by atoms with Crippen LogP contribution in [0.2, 0.25) is 0 Å². The fourth-order valence-electron chi connectivity index (χ4n) is 1.37. The van der Waals surface area contributed by atoms with Gasteiger partial charge >= 0.3 is 0 Å². The summed E-state index contributed by atoms with van der Waals surface area (Å²) < 4.78 is 5.42. The van der Waals surface area contributed by atoms with E-state index in [-0.39, 0.29) is 6.35 Å². The minimum Gasteiger partial charge on any atom is -0.344 e. The molecule has 2 rings (SSSR count). The van der Waals surface area contributed by atoms with Gasteiger partial charge in [0.2, 0.25) is 0 Å². The van der Waals surface area contributed by atoms with E-state index in [2.05, 4.69) is 15.2 Å². The second kappa shape index (κ2) is 3.19. The average Bonchev–Trinajstić information content (AvgIpc) is 2.58. The van der Waals surface area contributed by atoms with Crippen LogP contribution in [0.25, 0.3) is 0 Å². The van der Waals surface area contributed by atoms with Crippen LogP contribution in [0.1, 0.15) is 6.42 Å². The Balaban J connectivity index is 1.91. The van der Waals surface area contributed by atoms with E-state index in [1.54, 1.807) is 0 Å². The van der Waals surface area contributed by atoms with Crippen molar-refractivity contribution in [2.45, 2.75) is 12.8 Å². The largest absolute Gasteiger partial charge is 0.344 e. The van der Waals surface area contributed by atoms with Gasteiger partial charge in [-0.25, -0.2) is 0 Å². The Hall–Kier alpha value is -0.610. The van der Waals surface area contributed by atoms with Gasteiger partial charge in [0.05, 0.1) is 12.9 Å². The summed E-state index contributed by atoms with van der Waals surface area (Å²) in [5.74, 6) is 0. The van der Waals surface area contributed by atoms with Gasteiger partial charge in [0.1, 0.15) is 0 Å². The average molecular weight is 155 g/mol. The first kappa shape index (κ1) is 7.06. The standard InChI is InChI=1S/C7H13N3O/c1-2-8-6-10(4-1)7-9-3-5-11-7/h6-7,9H,1-5H2. The zero-order valence-electron chi connectivity index (χ0n) is 6.49. The predicted octanol–water partition coefficient (Wildman–Crippen LogP) is -0.376. The van der Waals surface area contributed by atoms with E-state index in [9.17, 15) is 0 Å². The molecule has 62 valence electrons. The number of nitrogens with zero attached hydrogens (tertiary/aromatic N) is 2. The third-order valence-corrected chi connectivity index (χ3v) is 1.93. The van der Waals surface area contributed by atoms with Gasteiger partial charge in [0.15, 0.2) is 6.35 Å². The molecule has 1 fully saturated rings. The van der Waals surface area contributed by atoms with Gasteiger partial charge in [-0.2, -0.15) is 0 Å². The van der Waals surface area contributed by atoms with Crippen molar-refractivity contribution in [3.63, 3.8) is 0 Å². The van der Waals surface area contributed by atoms with Crippen molar-refractivity contribution in [3.8, 4) is 0 Å². The molecule has 2 aliphatic rings. The molecule has 1 unspecified atom stereocenters. The summed E-state index contributed by atoms with van der Waals surface area (Å²) in [4.78, 5) is 6.29. The minimum atomic E-state index is 0.0825. The lowest BCUT2D eigenvalue weighted by molar-refractivity contribution is 0.00885. The molecule has 1 N–H and O–H groups in total. The lowest BCUT2D eigenvalue weighted by atomic mass is 10.4. The summed E-state index contributed by atoms with van der Waals surface area (Å²) in [6.07, 6.45) is 3.10. The molecule has 0 radical (unpaired) electrons.